The van der Waals surface area contributed by atoms with Gasteiger partial charge >= 0.3 is 0 Å². The summed E-state index contributed by atoms with van der Waals surface area (Å²) in [4.78, 5) is 17.0. The topological polar surface area (TPSA) is 52.2 Å². The SMILES string of the molecule is O=C(C1CCCCC1)N1CCN(c2cc(-c3ccccc3)[nH]n2)CC1. The summed E-state index contributed by atoms with van der Waals surface area (Å²) >= 11 is 0. The Morgan fingerprint density at radius 1 is 1.00 bits per heavy atom. The molecule has 0 bridgehead atoms. The van der Waals surface area contributed by atoms with Gasteiger partial charge in [-0.05, 0) is 18.4 Å². The number of benzene rings is 1. The van der Waals surface area contributed by atoms with Gasteiger partial charge in [0.1, 0.15) is 0 Å². The second-order valence-corrected chi connectivity index (χ2v) is 7.15. The van der Waals surface area contributed by atoms with Crippen LogP contribution < -0.4 is 4.90 Å². The summed E-state index contributed by atoms with van der Waals surface area (Å²) in [7, 11) is 0. The monoisotopic (exact) mass is 338 g/mol. The second kappa shape index (κ2) is 7.30. The number of hydrogen-bond acceptors (Lipinski definition) is 3. The molecule has 5 heteroatoms. The van der Waals surface area contributed by atoms with Crippen LogP contribution in [-0.2, 0) is 4.79 Å². The summed E-state index contributed by atoms with van der Waals surface area (Å²) < 4.78 is 0. The average Bonchev–Trinajstić information content (AvgIpc) is 3.19. The van der Waals surface area contributed by atoms with Crippen LogP contribution in [0.15, 0.2) is 36.4 Å². The van der Waals surface area contributed by atoms with Crippen LogP contribution in [0.3, 0.4) is 0 Å². The summed E-state index contributed by atoms with van der Waals surface area (Å²) in [5.41, 5.74) is 2.18. The quantitative estimate of drug-likeness (QED) is 0.934. The molecule has 1 aromatic carbocycles. The van der Waals surface area contributed by atoms with Gasteiger partial charge in [0.15, 0.2) is 5.82 Å². The standard InChI is InChI=1S/C20H26N4O/c25-20(17-9-5-2-6-10-17)24-13-11-23(12-14-24)19-15-18(21-22-19)16-7-3-1-4-8-16/h1,3-4,7-8,15,17H,2,5-6,9-14H2,(H,21,22). The van der Waals surface area contributed by atoms with Crippen LogP contribution in [-0.4, -0.2) is 47.2 Å². The third kappa shape index (κ3) is 3.55. The highest BCUT2D eigenvalue weighted by Gasteiger charge is 2.28. The Kier molecular flexibility index (Phi) is 4.72. The molecule has 1 aromatic heterocycles. The zero-order valence-electron chi connectivity index (χ0n) is 14.7. The number of anilines is 1. The predicted octanol–water partition coefficient (Wildman–Crippen LogP) is 3.31. The van der Waals surface area contributed by atoms with Gasteiger partial charge in [0.2, 0.25) is 5.91 Å². The molecule has 0 radical (unpaired) electrons. The van der Waals surface area contributed by atoms with Gasteiger partial charge in [0, 0.05) is 38.2 Å². The normalized spacial score (nSPS) is 19.2. The number of aromatic nitrogens is 2. The molecule has 0 spiro atoms. The summed E-state index contributed by atoms with van der Waals surface area (Å²) in [6.45, 7) is 3.33. The molecule has 1 amide bonds. The maximum atomic E-state index is 12.7. The summed E-state index contributed by atoms with van der Waals surface area (Å²) in [6, 6.07) is 12.4. The molecule has 1 saturated carbocycles. The highest BCUT2D eigenvalue weighted by atomic mass is 16.2. The summed E-state index contributed by atoms with van der Waals surface area (Å²) in [5, 5.41) is 7.61. The first-order chi connectivity index (χ1) is 12.3. The highest BCUT2D eigenvalue weighted by Crippen LogP contribution is 2.27. The molecule has 1 aliphatic heterocycles. The molecule has 5 nitrogen and oxygen atoms in total. The third-order valence-electron chi connectivity index (χ3n) is 5.52. The lowest BCUT2D eigenvalue weighted by molar-refractivity contribution is -0.136. The number of H-pyrrole nitrogens is 1. The van der Waals surface area contributed by atoms with Gasteiger partial charge in [0.05, 0.1) is 5.69 Å². The van der Waals surface area contributed by atoms with Crippen LogP contribution in [0, 0.1) is 5.92 Å². The Labute approximate surface area is 149 Å². The molecule has 0 unspecified atom stereocenters. The molecule has 25 heavy (non-hydrogen) atoms. The Bertz CT molecular complexity index is 697. The van der Waals surface area contributed by atoms with Crippen LogP contribution in [0.4, 0.5) is 5.82 Å². The molecule has 1 aliphatic carbocycles. The van der Waals surface area contributed by atoms with E-state index in [9.17, 15) is 4.79 Å². The third-order valence-corrected chi connectivity index (χ3v) is 5.52. The van der Waals surface area contributed by atoms with Gasteiger partial charge in [-0.1, -0.05) is 49.6 Å². The van der Waals surface area contributed by atoms with Gasteiger partial charge in [0.25, 0.3) is 0 Å². The Morgan fingerprint density at radius 2 is 1.72 bits per heavy atom. The van der Waals surface area contributed by atoms with Gasteiger partial charge in [-0.3, -0.25) is 9.89 Å². The van der Waals surface area contributed by atoms with E-state index in [2.05, 4.69) is 38.2 Å². The summed E-state index contributed by atoms with van der Waals surface area (Å²) in [5.74, 6) is 1.63. The molecular weight excluding hydrogens is 312 g/mol. The number of hydrogen-bond donors (Lipinski definition) is 1. The first kappa shape index (κ1) is 16.2. The van der Waals surface area contributed by atoms with Gasteiger partial charge in [-0.25, -0.2) is 0 Å². The number of aromatic amines is 1. The lowest BCUT2D eigenvalue weighted by atomic mass is 9.88. The molecule has 1 N–H and O–H groups in total. The minimum Gasteiger partial charge on any atom is -0.352 e. The fraction of sp³-hybridized carbons (Fsp3) is 0.500. The van der Waals surface area contributed by atoms with E-state index in [0.29, 0.717) is 5.91 Å². The van der Waals surface area contributed by atoms with Crippen molar-refractivity contribution in [1.82, 2.24) is 15.1 Å². The lowest BCUT2D eigenvalue weighted by Gasteiger charge is -2.37. The van der Waals surface area contributed by atoms with Gasteiger partial charge < -0.3 is 9.80 Å². The highest BCUT2D eigenvalue weighted by molar-refractivity contribution is 5.79. The van der Waals surface area contributed by atoms with Crippen LogP contribution in [0.2, 0.25) is 0 Å². The molecular formula is C20H26N4O. The number of nitrogens with one attached hydrogen (secondary N) is 1. The van der Waals surface area contributed by atoms with E-state index in [-0.39, 0.29) is 5.92 Å². The van der Waals surface area contributed by atoms with Crippen molar-refractivity contribution >= 4 is 11.7 Å². The second-order valence-electron chi connectivity index (χ2n) is 7.15. The van der Waals surface area contributed by atoms with Crippen LogP contribution >= 0.6 is 0 Å². The molecule has 2 fully saturated rings. The van der Waals surface area contributed by atoms with Crippen molar-refractivity contribution in [3.63, 3.8) is 0 Å². The van der Waals surface area contributed by atoms with E-state index in [4.69, 9.17) is 0 Å². The van der Waals surface area contributed by atoms with E-state index in [1.165, 1.54) is 19.3 Å². The molecule has 1 saturated heterocycles. The predicted molar refractivity (Wildman–Crippen MR) is 99.4 cm³/mol. The van der Waals surface area contributed by atoms with E-state index in [1.54, 1.807) is 0 Å². The van der Waals surface area contributed by atoms with Gasteiger partial charge in [-0.2, -0.15) is 5.10 Å². The number of piperazine rings is 1. The smallest absolute Gasteiger partial charge is 0.225 e. The van der Waals surface area contributed by atoms with E-state index < -0.39 is 0 Å². The van der Waals surface area contributed by atoms with Crippen molar-refractivity contribution in [2.24, 2.45) is 5.92 Å². The number of carbonyl (C=O) groups is 1. The van der Waals surface area contributed by atoms with Crippen molar-refractivity contribution < 1.29 is 4.79 Å². The molecule has 4 rings (SSSR count). The Morgan fingerprint density at radius 3 is 2.44 bits per heavy atom. The zero-order valence-corrected chi connectivity index (χ0v) is 14.7. The fourth-order valence-corrected chi connectivity index (χ4v) is 4.00. The van der Waals surface area contributed by atoms with Crippen molar-refractivity contribution in [3.8, 4) is 11.3 Å². The fourth-order valence-electron chi connectivity index (χ4n) is 4.00. The lowest BCUT2D eigenvalue weighted by Crippen LogP contribution is -2.50. The first-order valence-corrected chi connectivity index (χ1v) is 9.46. The molecule has 2 aromatic rings. The maximum Gasteiger partial charge on any atom is 0.225 e. The molecule has 0 atom stereocenters. The molecule has 2 heterocycles. The van der Waals surface area contributed by atoms with Gasteiger partial charge in [-0.15, -0.1) is 0 Å². The minimum absolute atomic E-state index is 0.273. The van der Waals surface area contributed by atoms with Crippen LogP contribution in [0.25, 0.3) is 11.3 Å². The van der Waals surface area contributed by atoms with E-state index >= 15 is 0 Å². The number of rotatable bonds is 3. The van der Waals surface area contributed by atoms with Crippen molar-refractivity contribution in [1.29, 1.82) is 0 Å². The molecule has 2 aliphatic rings. The Balaban J connectivity index is 1.36. The van der Waals surface area contributed by atoms with E-state index in [1.807, 2.05) is 18.2 Å². The zero-order chi connectivity index (χ0) is 17.1. The number of nitrogens with zero attached hydrogens (tertiary/aromatic N) is 3. The van der Waals surface area contributed by atoms with E-state index in [0.717, 1.165) is 56.1 Å². The minimum atomic E-state index is 0.273. The van der Waals surface area contributed by atoms with Crippen LogP contribution in [0.1, 0.15) is 32.1 Å². The molecule has 132 valence electrons. The maximum absolute atomic E-state index is 12.7. The van der Waals surface area contributed by atoms with Crippen molar-refractivity contribution in [2.75, 3.05) is 31.1 Å². The number of amides is 1. The largest absolute Gasteiger partial charge is 0.352 e. The van der Waals surface area contributed by atoms with Crippen molar-refractivity contribution in [3.05, 3.63) is 36.4 Å². The van der Waals surface area contributed by atoms with Crippen LogP contribution in [0.5, 0.6) is 0 Å². The van der Waals surface area contributed by atoms with Crippen molar-refractivity contribution in [2.45, 2.75) is 32.1 Å². The Hall–Kier alpha value is -2.30. The average molecular weight is 338 g/mol. The first-order valence-electron chi connectivity index (χ1n) is 9.46. The number of carbonyl (C=O) groups excluding carboxylic acids is 1. The summed E-state index contributed by atoms with van der Waals surface area (Å²) in [6.07, 6.45) is 5.88.